The van der Waals surface area contributed by atoms with Crippen LogP contribution in [0.5, 0.6) is 0 Å². The molecule has 2 unspecified atom stereocenters. The Morgan fingerprint density at radius 2 is 0.648 bits per heavy atom. The Bertz CT molecular complexity index is 2040. The third-order valence-corrected chi connectivity index (χ3v) is 15.5. The number of esters is 2. The highest BCUT2D eigenvalue weighted by Gasteiger charge is 2.27. The molecule has 1 N–H and O–H groups in total. The van der Waals surface area contributed by atoms with E-state index >= 15 is 0 Å². The van der Waals surface area contributed by atoms with Crippen molar-refractivity contribution in [2.45, 2.75) is 277 Å². The van der Waals surface area contributed by atoms with E-state index < -0.39 is 26.5 Å². The van der Waals surface area contributed by atoms with Gasteiger partial charge >= 0.3 is 19.8 Å². The average Bonchev–Trinajstić information content (AvgIpc) is 3.68. The highest BCUT2D eigenvalue weighted by Crippen LogP contribution is 2.43. The molecule has 0 aromatic rings. The SMILES string of the molecule is CC/C=C\C/C=C\C/C=C\C/C=C\C/C=C\C/C=C\C/C=C\C/C=C\C/C=C\C/C=C\CCCCCCCCCCC(=O)OC(COC(=O)CCCCCCCCCCCC/C=C\C/C=C\C/C=C\CCCCCCC)COP(=O)(O)OCC[N+](C)(C)C. The highest BCUT2D eigenvalue weighted by atomic mass is 31.2. The van der Waals surface area contributed by atoms with Gasteiger partial charge in [-0.1, -0.05) is 287 Å². The zero-order valence-corrected chi connectivity index (χ0v) is 57.8. The number of phosphoric ester groups is 1. The smallest absolute Gasteiger partial charge is 0.462 e. The number of rotatable bonds is 63. The number of unbranched alkanes of at least 4 members (excludes halogenated alkanes) is 23. The number of carbonyl (C=O) groups is 2. The fourth-order valence-electron chi connectivity index (χ4n) is 9.17. The van der Waals surface area contributed by atoms with Gasteiger partial charge in [0.1, 0.15) is 19.8 Å². The Kier molecular flexibility index (Phi) is 63.7. The van der Waals surface area contributed by atoms with Crippen LogP contribution in [0.2, 0.25) is 0 Å². The molecule has 0 radical (unpaired) electrons. The maximum absolute atomic E-state index is 12.9. The highest BCUT2D eigenvalue weighted by molar-refractivity contribution is 7.47. The van der Waals surface area contributed by atoms with Crippen molar-refractivity contribution in [3.05, 3.63) is 158 Å². The molecule has 0 fully saturated rings. The van der Waals surface area contributed by atoms with E-state index in [9.17, 15) is 19.0 Å². The van der Waals surface area contributed by atoms with E-state index in [0.29, 0.717) is 17.4 Å². The maximum atomic E-state index is 12.9. The lowest BCUT2D eigenvalue weighted by Gasteiger charge is -2.24. The summed E-state index contributed by atoms with van der Waals surface area (Å²) >= 11 is 0. The fourth-order valence-corrected chi connectivity index (χ4v) is 9.91. The Hall–Kier alpha value is -4.37. The van der Waals surface area contributed by atoms with Gasteiger partial charge in [0.25, 0.3) is 0 Å². The Labute approximate surface area is 541 Å². The quantitative estimate of drug-likeness (QED) is 0.0211. The third kappa shape index (κ3) is 70.7. The second kappa shape index (κ2) is 67.0. The summed E-state index contributed by atoms with van der Waals surface area (Å²) in [5.41, 5.74) is 0. The lowest BCUT2D eigenvalue weighted by atomic mass is 10.1. The molecule has 2 atom stereocenters. The van der Waals surface area contributed by atoms with Crippen LogP contribution in [0.15, 0.2) is 158 Å². The van der Waals surface area contributed by atoms with E-state index in [1.165, 1.54) is 109 Å². The van der Waals surface area contributed by atoms with Crippen LogP contribution >= 0.6 is 7.82 Å². The molecule has 0 aliphatic rings. The number of carbonyl (C=O) groups excluding carboxylic acids is 2. The second-order valence-corrected chi connectivity index (χ2v) is 25.6. The van der Waals surface area contributed by atoms with Crippen molar-refractivity contribution < 1.29 is 42.1 Å². The molecule has 0 bridgehead atoms. The van der Waals surface area contributed by atoms with E-state index in [4.69, 9.17) is 18.5 Å². The van der Waals surface area contributed by atoms with Gasteiger partial charge in [-0.05, 0) is 128 Å². The third-order valence-electron chi connectivity index (χ3n) is 14.5. The first-order chi connectivity index (χ1) is 43.0. The van der Waals surface area contributed by atoms with Crippen LogP contribution in [-0.2, 0) is 32.7 Å². The number of ether oxygens (including phenoxy) is 2. The molecule has 0 aromatic heterocycles. The number of hydrogen-bond acceptors (Lipinski definition) is 7. The molecule has 0 heterocycles. The summed E-state index contributed by atoms with van der Waals surface area (Å²) in [4.78, 5) is 35.9. The molecular formula is C78H131NO8P+. The lowest BCUT2D eigenvalue weighted by molar-refractivity contribution is -0.870. The summed E-state index contributed by atoms with van der Waals surface area (Å²) < 4.78 is 34.7. The van der Waals surface area contributed by atoms with E-state index in [-0.39, 0.29) is 32.0 Å². The number of quaternary nitrogens is 1. The summed E-state index contributed by atoms with van der Waals surface area (Å²) in [6, 6.07) is 0. The monoisotopic (exact) mass is 1240 g/mol. The lowest BCUT2D eigenvalue weighted by Crippen LogP contribution is -2.37. The molecule has 0 aromatic carbocycles. The van der Waals surface area contributed by atoms with Crippen molar-refractivity contribution in [3.8, 4) is 0 Å². The predicted octanol–water partition coefficient (Wildman–Crippen LogP) is 23.2. The van der Waals surface area contributed by atoms with Crippen LogP contribution in [0.1, 0.15) is 271 Å². The van der Waals surface area contributed by atoms with Gasteiger partial charge in [0.05, 0.1) is 27.7 Å². The summed E-state index contributed by atoms with van der Waals surface area (Å²) in [6.45, 7) is 4.29. The number of hydrogen-bond donors (Lipinski definition) is 1. The standard InChI is InChI=1S/C78H130NO8P/c1-6-8-10-12-14-16-18-20-22-24-26-28-30-32-33-34-35-36-37-38-39-40-41-42-43-44-45-47-49-51-53-55-57-59-61-63-65-67-69-71-78(81)87-76(75-86-88(82,83)85-73-72-79(3,4)5)74-84-77(80)70-68-66-64-62-60-58-56-54-52-50-48-46-31-29-27-25-23-21-19-17-15-13-11-9-7-2/h8,10,14,16,19-22,25-28,31-33,35-36,38-39,41-42,44-46,49,51,76H,6-7,9,11-13,15,17-18,23-24,29-30,34,37,40,43,47-48,50,52-75H2,1-5H3/p+1/b10-8-,16-14-,21-19-,22-20-,27-25-,28-26-,33-32-,36-35-,39-38-,42-41-,45-44-,46-31-,51-49-. The largest absolute Gasteiger partial charge is 0.472 e. The van der Waals surface area contributed by atoms with Gasteiger partial charge < -0.3 is 18.9 Å². The van der Waals surface area contributed by atoms with E-state index in [1.54, 1.807) is 0 Å². The van der Waals surface area contributed by atoms with Gasteiger partial charge in [0.2, 0.25) is 0 Å². The molecule has 0 aliphatic carbocycles. The van der Waals surface area contributed by atoms with E-state index in [2.05, 4.69) is 172 Å². The molecular weight excluding hydrogens is 1110 g/mol. The van der Waals surface area contributed by atoms with Crippen molar-refractivity contribution in [1.82, 2.24) is 0 Å². The van der Waals surface area contributed by atoms with E-state index in [1.807, 2.05) is 21.1 Å². The second-order valence-electron chi connectivity index (χ2n) is 24.2. The molecule has 0 saturated heterocycles. The summed E-state index contributed by atoms with van der Waals surface area (Å²) in [5.74, 6) is -0.817. The van der Waals surface area contributed by atoms with Gasteiger partial charge in [-0.15, -0.1) is 0 Å². The number of allylic oxidation sites excluding steroid dienone is 26. The van der Waals surface area contributed by atoms with E-state index in [0.717, 1.165) is 128 Å². The summed E-state index contributed by atoms with van der Waals surface area (Å²) in [6.07, 6.45) is 100. The Morgan fingerprint density at radius 3 is 0.966 bits per heavy atom. The zero-order chi connectivity index (χ0) is 64.1. The molecule has 9 nitrogen and oxygen atoms in total. The minimum Gasteiger partial charge on any atom is -0.462 e. The van der Waals surface area contributed by atoms with Crippen LogP contribution in [-0.4, -0.2) is 74.9 Å². The molecule has 0 rings (SSSR count). The number of likely N-dealkylation sites (N-methyl/N-ethyl adjacent to an activating group) is 1. The number of nitrogens with zero attached hydrogens (tertiary/aromatic N) is 1. The van der Waals surface area contributed by atoms with Crippen molar-refractivity contribution in [2.75, 3.05) is 47.5 Å². The van der Waals surface area contributed by atoms with Crippen LogP contribution in [0.25, 0.3) is 0 Å². The minimum absolute atomic E-state index is 0.0215. The van der Waals surface area contributed by atoms with Crippen molar-refractivity contribution in [3.63, 3.8) is 0 Å². The van der Waals surface area contributed by atoms with Gasteiger partial charge in [-0.3, -0.25) is 18.6 Å². The first-order valence-electron chi connectivity index (χ1n) is 35.2. The van der Waals surface area contributed by atoms with Crippen LogP contribution in [0, 0.1) is 0 Å². The molecule has 10 heteroatoms. The molecule has 0 saturated carbocycles. The molecule has 0 aliphatic heterocycles. The first-order valence-corrected chi connectivity index (χ1v) is 36.7. The Morgan fingerprint density at radius 1 is 0.364 bits per heavy atom. The normalized spacial score (nSPS) is 14.1. The first kappa shape index (κ1) is 83.6. The molecule has 500 valence electrons. The Balaban J connectivity index is 4.14. The van der Waals surface area contributed by atoms with Gasteiger partial charge in [-0.2, -0.15) is 0 Å². The average molecular weight is 1240 g/mol. The zero-order valence-electron chi connectivity index (χ0n) is 56.9. The molecule has 0 spiro atoms. The molecule has 0 amide bonds. The van der Waals surface area contributed by atoms with Gasteiger partial charge in [0.15, 0.2) is 6.10 Å². The minimum atomic E-state index is -4.41. The summed E-state index contributed by atoms with van der Waals surface area (Å²) in [5, 5.41) is 0. The van der Waals surface area contributed by atoms with Crippen molar-refractivity contribution >= 4 is 19.8 Å². The maximum Gasteiger partial charge on any atom is 0.472 e. The molecule has 88 heavy (non-hydrogen) atoms. The fraction of sp³-hybridized carbons (Fsp3) is 0.641. The summed E-state index contributed by atoms with van der Waals surface area (Å²) in [7, 11) is 1.45. The van der Waals surface area contributed by atoms with Crippen LogP contribution in [0.4, 0.5) is 0 Å². The number of phosphoric acid groups is 1. The van der Waals surface area contributed by atoms with Crippen molar-refractivity contribution in [1.29, 1.82) is 0 Å². The van der Waals surface area contributed by atoms with Crippen LogP contribution < -0.4 is 0 Å². The van der Waals surface area contributed by atoms with Gasteiger partial charge in [0, 0.05) is 12.8 Å². The predicted molar refractivity (Wildman–Crippen MR) is 380 cm³/mol. The topological polar surface area (TPSA) is 108 Å². The van der Waals surface area contributed by atoms with Crippen molar-refractivity contribution in [2.24, 2.45) is 0 Å². The van der Waals surface area contributed by atoms with Gasteiger partial charge in [-0.25, -0.2) is 4.57 Å². The van der Waals surface area contributed by atoms with Crippen LogP contribution in [0.3, 0.4) is 0 Å².